The van der Waals surface area contributed by atoms with E-state index in [9.17, 15) is 4.79 Å². The van der Waals surface area contributed by atoms with Gasteiger partial charge in [0, 0.05) is 17.1 Å². The Morgan fingerprint density at radius 2 is 1.93 bits per heavy atom. The summed E-state index contributed by atoms with van der Waals surface area (Å²) in [5.74, 6) is 0.317. The summed E-state index contributed by atoms with van der Waals surface area (Å²) in [6.45, 7) is 6.46. The average Bonchev–Trinajstić information content (AvgIpc) is 3.11. The summed E-state index contributed by atoms with van der Waals surface area (Å²) in [7, 11) is 0. The van der Waals surface area contributed by atoms with Crippen LogP contribution >= 0.6 is 11.6 Å². The van der Waals surface area contributed by atoms with Gasteiger partial charge in [-0.15, -0.1) is 0 Å². The second-order valence-corrected chi connectivity index (χ2v) is 7.38. The minimum Gasteiger partial charge on any atom is -0.355 e. The number of carbonyl (C=O) groups is 1. The van der Waals surface area contributed by atoms with Gasteiger partial charge in [-0.3, -0.25) is 4.79 Å². The summed E-state index contributed by atoms with van der Waals surface area (Å²) >= 11 is 6.19. The number of benzene rings is 2. The SMILES string of the molecule is CC/C=C(/CCNC(=O)c1c(C)noc1-c1ccccc1)c1cc(Cl)ccc1C. The molecule has 150 valence electrons. The minimum absolute atomic E-state index is 0.179. The Kier molecular flexibility index (Phi) is 6.89. The molecule has 0 aliphatic rings. The van der Waals surface area contributed by atoms with E-state index in [0.29, 0.717) is 35.0 Å². The molecule has 1 amide bonds. The molecule has 1 aromatic heterocycles. The largest absolute Gasteiger partial charge is 0.355 e. The molecular weight excluding hydrogens is 384 g/mol. The van der Waals surface area contributed by atoms with Gasteiger partial charge < -0.3 is 9.84 Å². The smallest absolute Gasteiger partial charge is 0.257 e. The van der Waals surface area contributed by atoms with Crippen LogP contribution in [0.5, 0.6) is 0 Å². The first kappa shape index (κ1) is 20.9. The maximum Gasteiger partial charge on any atom is 0.257 e. The molecule has 1 heterocycles. The number of amides is 1. The van der Waals surface area contributed by atoms with E-state index in [-0.39, 0.29) is 5.91 Å². The maximum atomic E-state index is 12.9. The molecule has 0 aliphatic heterocycles. The zero-order chi connectivity index (χ0) is 20.8. The van der Waals surface area contributed by atoms with Crippen molar-refractivity contribution in [1.82, 2.24) is 10.5 Å². The second-order valence-electron chi connectivity index (χ2n) is 6.94. The molecule has 0 bridgehead atoms. The molecule has 29 heavy (non-hydrogen) atoms. The highest BCUT2D eigenvalue weighted by molar-refractivity contribution is 6.30. The minimum atomic E-state index is -0.179. The topological polar surface area (TPSA) is 55.1 Å². The number of carbonyl (C=O) groups excluding carboxylic acids is 1. The van der Waals surface area contributed by atoms with Gasteiger partial charge >= 0.3 is 0 Å². The monoisotopic (exact) mass is 408 g/mol. The van der Waals surface area contributed by atoms with E-state index in [4.69, 9.17) is 16.1 Å². The number of halogens is 1. The van der Waals surface area contributed by atoms with Crippen LogP contribution in [0.4, 0.5) is 0 Å². The van der Waals surface area contributed by atoms with E-state index >= 15 is 0 Å². The number of hydrogen-bond donors (Lipinski definition) is 1. The van der Waals surface area contributed by atoms with Gasteiger partial charge in [0.25, 0.3) is 5.91 Å². The fourth-order valence-corrected chi connectivity index (χ4v) is 3.53. The lowest BCUT2D eigenvalue weighted by atomic mass is 9.97. The van der Waals surface area contributed by atoms with Gasteiger partial charge in [0.2, 0.25) is 0 Å². The van der Waals surface area contributed by atoms with E-state index in [1.54, 1.807) is 6.92 Å². The number of hydrogen-bond acceptors (Lipinski definition) is 3. The molecule has 0 aliphatic carbocycles. The first-order valence-electron chi connectivity index (χ1n) is 9.76. The third kappa shape index (κ3) is 4.96. The number of allylic oxidation sites excluding steroid dienone is 1. The molecule has 0 radical (unpaired) electrons. The predicted molar refractivity (Wildman–Crippen MR) is 118 cm³/mol. The Bertz CT molecular complexity index is 1020. The number of aryl methyl sites for hydroxylation is 2. The van der Waals surface area contributed by atoms with Gasteiger partial charge in [0.15, 0.2) is 5.76 Å². The Morgan fingerprint density at radius 1 is 1.17 bits per heavy atom. The fourth-order valence-electron chi connectivity index (χ4n) is 3.36. The first-order valence-corrected chi connectivity index (χ1v) is 10.1. The van der Waals surface area contributed by atoms with Gasteiger partial charge in [-0.1, -0.05) is 66.2 Å². The van der Waals surface area contributed by atoms with E-state index in [0.717, 1.165) is 17.5 Å². The number of aromatic nitrogens is 1. The van der Waals surface area contributed by atoms with Crippen molar-refractivity contribution >= 4 is 23.1 Å². The van der Waals surface area contributed by atoms with Gasteiger partial charge in [-0.05, 0) is 55.5 Å². The fraction of sp³-hybridized carbons (Fsp3) is 0.250. The van der Waals surface area contributed by atoms with Crippen LogP contribution in [0.15, 0.2) is 59.1 Å². The zero-order valence-electron chi connectivity index (χ0n) is 17.0. The van der Waals surface area contributed by atoms with Crippen molar-refractivity contribution in [3.63, 3.8) is 0 Å². The lowest BCUT2D eigenvalue weighted by Crippen LogP contribution is -2.25. The van der Waals surface area contributed by atoms with E-state index in [1.165, 1.54) is 11.1 Å². The van der Waals surface area contributed by atoms with Crippen LogP contribution in [0.25, 0.3) is 16.9 Å². The first-order chi connectivity index (χ1) is 14.0. The van der Waals surface area contributed by atoms with Crippen LogP contribution in [0, 0.1) is 13.8 Å². The van der Waals surface area contributed by atoms with Gasteiger partial charge in [-0.25, -0.2) is 0 Å². The lowest BCUT2D eigenvalue weighted by molar-refractivity contribution is 0.0954. The molecule has 5 heteroatoms. The third-order valence-electron chi connectivity index (χ3n) is 4.80. The highest BCUT2D eigenvalue weighted by Crippen LogP contribution is 2.27. The van der Waals surface area contributed by atoms with Crippen molar-refractivity contribution in [2.24, 2.45) is 0 Å². The molecule has 0 atom stereocenters. The molecule has 4 nitrogen and oxygen atoms in total. The van der Waals surface area contributed by atoms with Crippen LogP contribution in [0.1, 0.15) is 46.9 Å². The molecule has 1 N–H and O–H groups in total. The van der Waals surface area contributed by atoms with Crippen molar-refractivity contribution in [1.29, 1.82) is 0 Å². The Morgan fingerprint density at radius 3 is 2.66 bits per heavy atom. The van der Waals surface area contributed by atoms with E-state index in [1.807, 2.05) is 48.5 Å². The molecular formula is C24H25ClN2O2. The summed E-state index contributed by atoms with van der Waals surface area (Å²) in [6, 6.07) is 15.4. The Balaban J connectivity index is 1.73. The quantitative estimate of drug-likeness (QED) is 0.504. The van der Waals surface area contributed by atoms with Crippen LogP contribution in [0.2, 0.25) is 5.02 Å². The van der Waals surface area contributed by atoms with Crippen molar-refractivity contribution in [2.75, 3.05) is 6.54 Å². The molecule has 3 aromatic rings. The van der Waals surface area contributed by atoms with Crippen LogP contribution in [-0.2, 0) is 0 Å². The second kappa shape index (κ2) is 9.57. The van der Waals surface area contributed by atoms with E-state index < -0.39 is 0 Å². The molecule has 0 spiro atoms. The van der Waals surface area contributed by atoms with Crippen LogP contribution in [0.3, 0.4) is 0 Å². The molecule has 2 aromatic carbocycles. The lowest BCUT2D eigenvalue weighted by Gasteiger charge is -2.13. The van der Waals surface area contributed by atoms with E-state index in [2.05, 4.69) is 30.4 Å². The van der Waals surface area contributed by atoms with Gasteiger partial charge in [0.05, 0.1) is 5.69 Å². The molecule has 3 rings (SSSR count). The molecule has 0 fully saturated rings. The van der Waals surface area contributed by atoms with Crippen molar-refractivity contribution in [3.05, 3.63) is 82.0 Å². The van der Waals surface area contributed by atoms with Crippen molar-refractivity contribution in [3.8, 4) is 11.3 Å². The van der Waals surface area contributed by atoms with Crippen LogP contribution < -0.4 is 5.32 Å². The summed E-state index contributed by atoms with van der Waals surface area (Å²) < 4.78 is 5.43. The molecule has 0 saturated carbocycles. The predicted octanol–water partition coefficient (Wildman–Crippen LogP) is 6.23. The number of nitrogens with zero attached hydrogens (tertiary/aromatic N) is 1. The summed E-state index contributed by atoms with van der Waals surface area (Å²) in [5, 5.41) is 7.72. The molecule has 0 saturated heterocycles. The molecule has 0 unspecified atom stereocenters. The highest BCUT2D eigenvalue weighted by atomic mass is 35.5. The van der Waals surface area contributed by atoms with Crippen molar-refractivity contribution < 1.29 is 9.32 Å². The summed E-state index contributed by atoms with van der Waals surface area (Å²) in [4.78, 5) is 12.9. The zero-order valence-corrected chi connectivity index (χ0v) is 17.7. The third-order valence-corrected chi connectivity index (χ3v) is 5.04. The summed E-state index contributed by atoms with van der Waals surface area (Å²) in [6.07, 6.45) is 3.81. The normalized spacial score (nSPS) is 11.5. The number of nitrogens with one attached hydrogen (secondary N) is 1. The number of rotatable bonds is 7. The van der Waals surface area contributed by atoms with Crippen LogP contribution in [-0.4, -0.2) is 17.6 Å². The Hall–Kier alpha value is -2.85. The standard InChI is InChI=1S/C24H25ClN2O2/c1-4-8-18(21-15-20(25)12-11-16(21)2)13-14-26-24(28)22-17(3)27-29-23(22)19-9-6-5-7-10-19/h5-12,15H,4,13-14H2,1-3H3,(H,26,28)/b18-8-. The Labute approximate surface area is 176 Å². The van der Waals surface area contributed by atoms with Crippen molar-refractivity contribution in [2.45, 2.75) is 33.6 Å². The maximum absolute atomic E-state index is 12.9. The van der Waals surface area contributed by atoms with Gasteiger partial charge in [0.1, 0.15) is 5.56 Å². The van der Waals surface area contributed by atoms with Gasteiger partial charge in [-0.2, -0.15) is 0 Å². The highest BCUT2D eigenvalue weighted by Gasteiger charge is 2.21. The summed E-state index contributed by atoms with van der Waals surface area (Å²) in [5.41, 5.74) is 5.37. The average molecular weight is 409 g/mol.